The standard InChI is InChI=1S/C11H10BrClN4O/c12-8-5-7(1-2-9(8)13)11(18)14-4-3-10-15-6-16-17-10/h1-2,5-6H,3-4H2,(H,14,18)(H,15,16,17). The van der Waals surface area contributed by atoms with E-state index in [-0.39, 0.29) is 5.91 Å². The molecule has 2 aromatic rings. The fraction of sp³-hybridized carbons (Fsp3) is 0.182. The fourth-order valence-electron chi connectivity index (χ4n) is 1.39. The van der Waals surface area contributed by atoms with Crippen LogP contribution in [0.4, 0.5) is 0 Å². The number of nitrogens with one attached hydrogen (secondary N) is 2. The lowest BCUT2D eigenvalue weighted by Gasteiger charge is -2.05. The molecular weight excluding hydrogens is 320 g/mol. The second-order valence-electron chi connectivity index (χ2n) is 3.57. The van der Waals surface area contributed by atoms with Gasteiger partial charge in [0.2, 0.25) is 0 Å². The first-order valence-corrected chi connectivity index (χ1v) is 6.41. The molecule has 1 amide bonds. The molecule has 0 saturated heterocycles. The van der Waals surface area contributed by atoms with Crippen LogP contribution in [-0.4, -0.2) is 27.6 Å². The Kier molecular flexibility index (Phi) is 4.33. The Hall–Kier alpha value is -1.40. The van der Waals surface area contributed by atoms with Crippen molar-refractivity contribution in [3.63, 3.8) is 0 Å². The number of carbonyl (C=O) groups is 1. The third kappa shape index (κ3) is 3.30. The second-order valence-corrected chi connectivity index (χ2v) is 4.83. The molecule has 94 valence electrons. The van der Waals surface area contributed by atoms with Crippen LogP contribution in [0.3, 0.4) is 0 Å². The summed E-state index contributed by atoms with van der Waals surface area (Å²) in [4.78, 5) is 15.8. The summed E-state index contributed by atoms with van der Waals surface area (Å²) in [7, 11) is 0. The zero-order valence-electron chi connectivity index (χ0n) is 9.28. The summed E-state index contributed by atoms with van der Waals surface area (Å²) in [5.74, 6) is 0.597. The number of nitrogens with zero attached hydrogens (tertiary/aromatic N) is 2. The van der Waals surface area contributed by atoms with Gasteiger partial charge in [0, 0.05) is 23.0 Å². The maximum absolute atomic E-state index is 11.8. The van der Waals surface area contributed by atoms with E-state index >= 15 is 0 Å². The minimum absolute atomic E-state index is 0.146. The lowest BCUT2D eigenvalue weighted by atomic mass is 10.2. The maximum atomic E-state index is 11.8. The Labute approximate surface area is 117 Å². The number of carbonyl (C=O) groups excluding carboxylic acids is 1. The van der Waals surface area contributed by atoms with E-state index in [1.54, 1.807) is 18.2 Å². The van der Waals surface area contributed by atoms with Crippen molar-refractivity contribution in [3.05, 3.63) is 45.4 Å². The largest absolute Gasteiger partial charge is 0.352 e. The van der Waals surface area contributed by atoms with Gasteiger partial charge in [-0.15, -0.1) is 0 Å². The molecule has 0 radical (unpaired) electrons. The van der Waals surface area contributed by atoms with Crippen LogP contribution in [0.2, 0.25) is 5.02 Å². The molecule has 0 aliphatic rings. The molecule has 0 bridgehead atoms. The van der Waals surface area contributed by atoms with E-state index in [0.29, 0.717) is 28.0 Å². The molecule has 0 atom stereocenters. The van der Waals surface area contributed by atoms with Crippen LogP contribution in [0.5, 0.6) is 0 Å². The van der Waals surface area contributed by atoms with Crippen molar-refractivity contribution in [2.75, 3.05) is 6.54 Å². The Morgan fingerprint density at radius 2 is 2.33 bits per heavy atom. The predicted octanol–water partition coefficient (Wildman–Crippen LogP) is 2.19. The number of amides is 1. The van der Waals surface area contributed by atoms with Gasteiger partial charge in [0.05, 0.1) is 5.02 Å². The van der Waals surface area contributed by atoms with E-state index in [4.69, 9.17) is 11.6 Å². The van der Waals surface area contributed by atoms with Crippen LogP contribution in [0, 0.1) is 0 Å². The number of benzene rings is 1. The SMILES string of the molecule is O=C(NCCc1ncn[nH]1)c1ccc(Cl)c(Br)c1. The van der Waals surface area contributed by atoms with Crippen LogP contribution in [0.15, 0.2) is 29.0 Å². The van der Waals surface area contributed by atoms with Gasteiger partial charge in [0.25, 0.3) is 5.91 Å². The summed E-state index contributed by atoms with van der Waals surface area (Å²) in [5.41, 5.74) is 0.559. The Morgan fingerprint density at radius 3 is 3.00 bits per heavy atom. The molecule has 1 heterocycles. The van der Waals surface area contributed by atoms with Gasteiger partial charge in [-0.1, -0.05) is 11.6 Å². The summed E-state index contributed by atoms with van der Waals surface area (Å²) in [5, 5.41) is 9.83. The molecule has 0 aliphatic heterocycles. The fourth-order valence-corrected chi connectivity index (χ4v) is 1.88. The van der Waals surface area contributed by atoms with E-state index < -0.39 is 0 Å². The molecule has 5 nitrogen and oxygen atoms in total. The molecule has 0 fully saturated rings. The Bertz CT molecular complexity index is 544. The lowest BCUT2D eigenvalue weighted by molar-refractivity contribution is 0.0954. The van der Waals surface area contributed by atoms with Crippen molar-refractivity contribution in [2.45, 2.75) is 6.42 Å². The number of hydrogen-bond donors (Lipinski definition) is 2. The molecule has 0 saturated carbocycles. The minimum atomic E-state index is -0.146. The highest BCUT2D eigenvalue weighted by Crippen LogP contribution is 2.23. The molecule has 1 aromatic carbocycles. The Morgan fingerprint density at radius 1 is 1.50 bits per heavy atom. The highest BCUT2D eigenvalue weighted by molar-refractivity contribution is 9.10. The lowest BCUT2D eigenvalue weighted by Crippen LogP contribution is -2.25. The van der Waals surface area contributed by atoms with Gasteiger partial charge < -0.3 is 5.32 Å². The summed E-state index contributed by atoms with van der Waals surface area (Å²) in [6, 6.07) is 5.04. The molecule has 2 N–H and O–H groups in total. The topological polar surface area (TPSA) is 70.7 Å². The van der Waals surface area contributed by atoms with Crippen LogP contribution < -0.4 is 5.32 Å². The van der Waals surface area contributed by atoms with Crippen molar-refractivity contribution in [1.29, 1.82) is 0 Å². The molecular formula is C11H10BrClN4O. The van der Waals surface area contributed by atoms with E-state index in [1.165, 1.54) is 6.33 Å². The van der Waals surface area contributed by atoms with Gasteiger partial charge in [-0.05, 0) is 34.1 Å². The molecule has 7 heteroatoms. The highest BCUT2D eigenvalue weighted by Gasteiger charge is 2.07. The number of H-pyrrole nitrogens is 1. The monoisotopic (exact) mass is 328 g/mol. The molecule has 0 spiro atoms. The predicted molar refractivity (Wildman–Crippen MR) is 71.6 cm³/mol. The number of hydrogen-bond acceptors (Lipinski definition) is 3. The smallest absolute Gasteiger partial charge is 0.251 e. The third-order valence-corrected chi connectivity index (χ3v) is 3.51. The van der Waals surface area contributed by atoms with Gasteiger partial charge in [-0.3, -0.25) is 9.89 Å². The van der Waals surface area contributed by atoms with E-state index in [1.807, 2.05) is 0 Å². The van der Waals surface area contributed by atoms with Crippen LogP contribution in [-0.2, 0) is 6.42 Å². The Balaban J connectivity index is 1.89. The third-order valence-electron chi connectivity index (χ3n) is 2.29. The number of halogens is 2. The summed E-state index contributed by atoms with van der Waals surface area (Å²) in [6.07, 6.45) is 2.05. The maximum Gasteiger partial charge on any atom is 0.251 e. The van der Waals surface area contributed by atoms with Gasteiger partial charge in [0.15, 0.2) is 0 Å². The summed E-state index contributed by atoms with van der Waals surface area (Å²) in [6.45, 7) is 0.494. The average Bonchev–Trinajstić information content (AvgIpc) is 2.85. The number of rotatable bonds is 4. The van der Waals surface area contributed by atoms with Gasteiger partial charge in [-0.2, -0.15) is 5.10 Å². The zero-order chi connectivity index (χ0) is 13.0. The van der Waals surface area contributed by atoms with E-state index in [2.05, 4.69) is 36.4 Å². The molecule has 0 aliphatic carbocycles. The first-order chi connectivity index (χ1) is 8.66. The quantitative estimate of drug-likeness (QED) is 0.903. The highest BCUT2D eigenvalue weighted by atomic mass is 79.9. The minimum Gasteiger partial charge on any atom is -0.352 e. The molecule has 2 rings (SSSR count). The summed E-state index contributed by atoms with van der Waals surface area (Å²) >= 11 is 9.14. The van der Waals surface area contributed by atoms with Crippen molar-refractivity contribution in [2.24, 2.45) is 0 Å². The van der Waals surface area contributed by atoms with Gasteiger partial charge in [-0.25, -0.2) is 4.98 Å². The molecule has 0 unspecified atom stereocenters. The van der Waals surface area contributed by atoms with Gasteiger partial charge >= 0.3 is 0 Å². The second kappa shape index (κ2) is 5.97. The van der Waals surface area contributed by atoms with E-state index in [9.17, 15) is 4.79 Å². The van der Waals surface area contributed by atoms with Crippen molar-refractivity contribution in [1.82, 2.24) is 20.5 Å². The van der Waals surface area contributed by atoms with Crippen LogP contribution in [0.25, 0.3) is 0 Å². The van der Waals surface area contributed by atoms with Crippen molar-refractivity contribution in [3.8, 4) is 0 Å². The number of aromatic nitrogens is 3. The van der Waals surface area contributed by atoms with Gasteiger partial charge in [0.1, 0.15) is 12.2 Å². The zero-order valence-corrected chi connectivity index (χ0v) is 11.6. The first kappa shape index (κ1) is 13.0. The van der Waals surface area contributed by atoms with Crippen molar-refractivity contribution >= 4 is 33.4 Å². The van der Waals surface area contributed by atoms with Crippen molar-refractivity contribution < 1.29 is 4.79 Å². The normalized spacial score (nSPS) is 10.3. The molecule has 1 aromatic heterocycles. The van der Waals surface area contributed by atoms with E-state index in [0.717, 1.165) is 5.82 Å². The summed E-state index contributed by atoms with van der Waals surface area (Å²) < 4.78 is 0.701. The first-order valence-electron chi connectivity index (χ1n) is 5.24. The van der Waals surface area contributed by atoms with Crippen LogP contribution in [0.1, 0.15) is 16.2 Å². The number of aromatic amines is 1. The average molecular weight is 330 g/mol. The molecule has 18 heavy (non-hydrogen) atoms. The van der Waals surface area contributed by atoms with Crippen LogP contribution >= 0.6 is 27.5 Å².